The van der Waals surface area contributed by atoms with Crippen LogP contribution in [0.2, 0.25) is 0 Å². The van der Waals surface area contributed by atoms with Gasteiger partial charge in [-0.3, -0.25) is 0 Å². The van der Waals surface area contributed by atoms with Gasteiger partial charge in [-0.25, -0.2) is 0 Å². The van der Waals surface area contributed by atoms with Crippen molar-refractivity contribution in [2.75, 3.05) is 46.6 Å². The van der Waals surface area contributed by atoms with Crippen molar-refractivity contribution in [3.05, 3.63) is 0 Å². The molecule has 0 aliphatic heterocycles. The maximum atomic E-state index is 6.11. The van der Waals surface area contributed by atoms with Crippen LogP contribution in [0.15, 0.2) is 0 Å². The van der Waals surface area contributed by atoms with Crippen molar-refractivity contribution in [3.63, 3.8) is 0 Å². The Morgan fingerprint density at radius 2 is 1.44 bits per heavy atom. The second kappa shape index (κ2) is 9.39. The van der Waals surface area contributed by atoms with E-state index in [1.54, 1.807) is 0 Å². The molecule has 0 fully saturated rings. The molecule has 0 aliphatic rings. The number of rotatable bonds is 10. The zero-order chi connectivity index (χ0) is 12.4. The molecule has 0 aromatic carbocycles. The summed E-state index contributed by atoms with van der Waals surface area (Å²) in [6.07, 6.45) is 8.00. The van der Waals surface area contributed by atoms with E-state index in [0.29, 0.717) is 0 Å². The molecule has 0 spiro atoms. The van der Waals surface area contributed by atoms with Gasteiger partial charge in [-0.2, -0.15) is 0 Å². The number of unbranched alkanes of at least 4 members (excludes halogenated alkanes) is 2. The Balaban J connectivity index is 3.72. The van der Waals surface area contributed by atoms with Gasteiger partial charge in [0.1, 0.15) is 0 Å². The summed E-state index contributed by atoms with van der Waals surface area (Å²) in [5.74, 6) is 0. The van der Waals surface area contributed by atoms with Crippen LogP contribution >= 0.6 is 8.15 Å². The fourth-order valence-corrected chi connectivity index (χ4v) is 3.90. The van der Waals surface area contributed by atoms with Crippen LogP contribution in [0.1, 0.15) is 39.5 Å². The molecule has 0 heterocycles. The van der Waals surface area contributed by atoms with E-state index in [1.165, 1.54) is 38.0 Å². The quantitative estimate of drug-likeness (QED) is 0.426. The second-order valence-corrected chi connectivity index (χ2v) is 7.97. The van der Waals surface area contributed by atoms with Crippen molar-refractivity contribution in [1.29, 1.82) is 0 Å². The van der Waals surface area contributed by atoms with Gasteiger partial charge in [-0.15, -0.1) is 0 Å². The predicted molar refractivity (Wildman–Crippen MR) is 76.7 cm³/mol. The first-order valence-electron chi connectivity index (χ1n) is 6.77. The fraction of sp³-hybridized carbons (Fsp3) is 1.00. The van der Waals surface area contributed by atoms with E-state index in [4.69, 9.17) is 4.52 Å². The van der Waals surface area contributed by atoms with E-state index in [1.807, 2.05) is 0 Å². The molecule has 0 atom stereocenters. The van der Waals surface area contributed by atoms with E-state index >= 15 is 0 Å². The van der Waals surface area contributed by atoms with Gasteiger partial charge in [0.05, 0.1) is 0 Å². The molecule has 3 heteroatoms. The molecule has 16 heavy (non-hydrogen) atoms. The summed E-state index contributed by atoms with van der Waals surface area (Å²) < 4.78 is 7.12. The third-order valence-electron chi connectivity index (χ3n) is 2.69. The Hall–Kier alpha value is 0.350. The predicted octanol–water partition coefficient (Wildman–Crippen LogP) is 3.44. The fourth-order valence-electron chi connectivity index (χ4n) is 1.48. The van der Waals surface area contributed by atoms with Crippen LogP contribution in [0.5, 0.6) is 0 Å². The van der Waals surface area contributed by atoms with Crippen LogP contribution in [0.25, 0.3) is 0 Å². The number of quaternary nitrogens is 1. The molecular formula is C13H32NOP. The molecule has 0 amide bonds. The molecule has 0 aromatic heterocycles. The second-order valence-electron chi connectivity index (χ2n) is 5.61. The first-order valence-corrected chi connectivity index (χ1v) is 8.59. The first-order chi connectivity index (χ1) is 7.49. The van der Waals surface area contributed by atoms with E-state index in [2.05, 4.69) is 35.0 Å². The van der Waals surface area contributed by atoms with Gasteiger partial charge in [0.15, 0.2) is 0 Å². The average molecular weight is 249 g/mol. The Labute approximate surface area is 104 Å². The SMILES string of the molecule is CCCC[PH-](CCCC)OCC[N+](C)(C)C. The number of nitrogens with zero attached hydrogens (tertiary/aromatic N) is 1. The molecule has 2 nitrogen and oxygen atoms in total. The summed E-state index contributed by atoms with van der Waals surface area (Å²) in [7, 11) is 6.19. The minimum atomic E-state index is -0.502. The monoisotopic (exact) mass is 249 g/mol. The summed E-state index contributed by atoms with van der Waals surface area (Å²) in [5, 5.41) is 0. The zero-order valence-electron chi connectivity index (χ0n) is 12.0. The summed E-state index contributed by atoms with van der Waals surface area (Å²) in [6.45, 7) is 6.62. The first kappa shape index (κ1) is 16.4. The molecule has 0 rings (SSSR count). The van der Waals surface area contributed by atoms with Gasteiger partial charge in [0.2, 0.25) is 0 Å². The van der Waals surface area contributed by atoms with Gasteiger partial charge >= 0.3 is 103 Å². The summed E-state index contributed by atoms with van der Waals surface area (Å²) in [5.41, 5.74) is 0. The topological polar surface area (TPSA) is 9.23 Å². The molecule has 0 saturated heterocycles. The van der Waals surface area contributed by atoms with Crippen LogP contribution < -0.4 is 0 Å². The number of likely N-dealkylation sites (N-methyl/N-ethyl adjacent to an activating group) is 1. The third kappa shape index (κ3) is 10.9. The normalized spacial score (nSPS) is 12.9. The van der Waals surface area contributed by atoms with Crippen LogP contribution in [-0.4, -0.2) is 51.1 Å². The molecule has 100 valence electrons. The van der Waals surface area contributed by atoms with Crippen molar-refractivity contribution in [1.82, 2.24) is 0 Å². The molecule has 0 bridgehead atoms. The van der Waals surface area contributed by atoms with Gasteiger partial charge in [0.25, 0.3) is 0 Å². The summed E-state index contributed by atoms with van der Waals surface area (Å²) in [6, 6.07) is 0. The molecule has 0 aromatic rings. The van der Waals surface area contributed by atoms with Crippen molar-refractivity contribution in [3.8, 4) is 0 Å². The van der Waals surface area contributed by atoms with Gasteiger partial charge in [-0.05, 0) is 0 Å². The van der Waals surface area contributed by atoms with E-state index in [0.717, 1.165) is 17.6 Å². The molecule has 0 unspecified atom stereocenters. The molecular weight excluding hydrogens is 217 g/mol. The van der Waals surface area contributed by atoms with Crippen molar-refractivity contribution >= 4 is 8.15 Å². The average Bonchev–Trinajstić information content (AvgIpc) is 2.19. The summed E-state index contributed by atoms with van der Waals surface area (Å²) >= 11 is 0. The Morgan fingerprint density at radius 1 is 0.938 bits per heavy atom. The molecule has 0 saturated carbocycles. The summed E-state index contributed by atoms with van der Waals surface area (Å²) in [4.78, 5) is 0. The maximum absolute atomic E-state index is 6.11. The van der Waals surface area contributed by atoms with Crippen molar-refractivity contribution in [2.45, 2.75) is 39.5 Å². The van der Waals surface area contributed by atoms with E-state index in [-0.39, 0.29) is 0 Å². The Morgan fingerprint density at radius 3 is 1.81 bits per heavy atom. The van der Waals surface area contributed by atoms with Crippen LogP contribution in [0.3, 0.4) is 0 Å². The molecule has 0 N–H and O–H groups in total. The number of hydrogen-bond acceptors (Lipinski definition) is 1. The Bertz CT molecular complexity index is 149. The minimum absolute atomic E-state index is 0.502. The van der Waals surface area contributed by atoms with Crippen LogP contribution in [0, 0.1) is 0 Å². The zero-order valence-corrected chi connectivity index (χ0v) is 13.0. The number of hydrogen-bond donors (Lipinski definition) is 0. The van der Waals surface area contributed by atoms with Crippen LogP contribution in [-0.2, 0) is 4.52 Å². The van der Waals surface area contributed by atoms with E-state index < -0.39 is 8.15 Å². The Kier molecular flexibility index (Phi) is 9.59. The van der Waals surface area contributed by atoms with Gasteiger partial charge in [-0.1, -0.05) is 0 Å². The van der Waals surface area contributed by atoms with Crippen molar-refractivity contribution < 1.29 is 9.01 Å². The van der Waals surface area contributed by atoms with Gasteiger partial charge in [0, 0.05) is 0 Å². The van der Waals surface area contributed by atoms with Crippen LogP contribution in [0.4, 0.5) is 0 Å². The molecule has 0 radical (unpaired) electrons. The van der Waals surface area contributed by atoms with Crippen molar-refractivity contribution in [2.24, 2.45) is 0 Å². The third-order valence-corrected chi connectivity index (χ3v) is 5.12. The standard InChI is InChI=1S/C13H32NOP/c1-6-8-12-16(13-9-7-2)15-11-10-14(3,4)5/h16H,6-13H2,1-5H3. The van der Waals surface area contributed by atoms with E-state index in [9.17, 15) is 0 Å². The van der Waals surface area contributed by atoms with Gasteiger partial charge < -0.3 is 0 Å². The molecule has 0 aliphatic carbocycles.